The van der Waals surface area contributed by atoms with Crippen LogP contribution in [0.1, 0.15) is 24.1 Å². The number of anilines is 1. The highest BCUT2D eigenvalue weighted by Gasteiger charge is 2.30. The molecule has 0 aliphatic heterocycles. The maximum Gasteiger partial charge on any atom is 0.416 e. The van der Waals surface area contributed by atoms with Gasteiger partial charge in [-0.2, -0.15) is 13.2 Å². The SMILES string of the molecule is C[C@H](NC(=S)Nc1cccc(C(F)(F)F)c1)c1ccncc1. The van der Waals surface area contributed by atoms with Gasteiger partial charge in [0.2, 0.25) is 0 Å². The molecule has 0 aliphatic rings. The van der Waals surface area contributed by atoms with E-state index in [1.165, 1.54) is 12.1 Å². The van der Waals surface area contributed by atoms with E-state index in [-0.39, 0.29) is 16.8 Å². The number of nitrogens with one attached hydrogen (secondary N) is 2. The predicted molar refractivity (Wildman–Crippen MR) is 83.5 cm³/mol. The zero-order chi connectivity index (χ0) is 16.2. The van der Waals surface area contributed by atoms with E-state index in [1.807, 2.05) is 19.1 Å². The number of nitrogens with zero attached hydrogens (tertiary/aromatic N) is 1. The zero-order valence-corrected chi connectivity index (χ0v) is 12.5. The van der Waals surface area contributed by atoms with Crippen LogP contribution in [0.3, 0.4) is 0 Å². The van der Waals surface area contributed by atoms with Crippen LogP contribution in [-0.2, 0) is 6.18 Å². The fraction of sp³-hybridized carbons (Fsp3) is 0.200. The smallest absolute Gasteiger partial charge is 0.356 e. The molecule has 0 aliphatic carbocycles. The molecule has 0 saturated heterocycles. The lowest BCUT2D eigenvalue weighted by Gasteiger charge is -2.17. The van der Waals surface area contributed by atoms with E-state index in [0.717, 1.165) is 17.7 Å². The van der Waals surface area contributed by atoms with Gasteiger partial charge < -0.3 is 10.6 Å². The minimum atomic E-state index is -4.38. The normalized spacial score (nSPS) is 12.5. The van der Waals surface area contributed by atoms with Crippen LogP contribution in [0.2, 0.25) is 0 Å². The Morgan fingerprint density at radius 1 is 1.18 bits per heavy atom. The monoisotopic (exact) mass is 325 g/mol. The van der Waals surface area contributed by atoms with Gasteiger partial charge in [-0.05, 0) is 55.0 Å². The first kappa shape index (κ1) is 16.2. The Hall–Kier alpha value is -2.15. The quantitative estimate of drug-likeness (QED) is 0.832. The summed E-state index contributed by atoms with van der Waals surface area (Å²) in [5.41, 5.74) is 0.542. The molecule has 1 heterocycles. The van der Waals surface area contributed by atoms with Crippen LogP contribution >= 0.6 is 12.2 Å². The number of hydrogen-bond donors (Lipinski definition) is 2. The van der Waals surface area contributed by atoms with Crippen molar-refractivity contribution in [3.05, 3.63) is 59.9 Å². The highest BCUT2D eigenvalue weighted by atomic mass is 32.1. The molecule has 1 aromatic carbocycles. The molecule has 7 heteroatoms. The molecule has 116 valence electrons. The van der Waals surface area contributed by atoms with E-state index in [1.54, 1.807) is 12.4 Å². The van der Waals surface area contributed by atoms with E-state index < -0.39 is 11.7 Å². The highest BCUT2D eigenvalue weighted by molar-refractivity contribution is 7.80. The lowest BCUT2D eigenvalue weighted by molar-refractivity contribution is -0.137. The van der Waals surface area contributed by atoms with Crippen molar-refractivity contribution in [1.29, 1.82) is 0 Å². The van der Waals surface area contributed by atoms with Crippen molar-refractivity contribution in [2.75, 3.05) is 5.32 Å². The summed E-state index contributed by atoms with van der Waals surface area (Å²) in [5.74, 6) is 0. The summed E-state index contributed by atoms with van der Waals surface area (Å²) in [5, 5.41) is 6.03. The number of thiocarbonyl (C=S) groups is 1. The summed E-state index contributed by atoms with van der Waals surface area (Å²) < 4.78 is 38.0. The predicted octanol–water partition coefficient (Wildman–Crippen LogP) is 4.15. The highest BCUT2D eigenvalue weighted by Crippen LogP contribution is 2.30. The van der Waals surface area contributed by atoms with Gasteiger partial charge in [-0.1, -0.05) is 6.07 Å². The van der Waals surface area contributed by atoms with Gasteiger partial charge in [0.1, 0.15) is 0 Å². The lowest BCUT2D eigenvalue weighted by Crippen LogP contribution is -2.31. The number of halogens is 3. The molecule has 0 amide bonds. The average Bonchev–Trinajstić information content (AvgIpc) is 2.47. The molecule has 0 fully saturated rings. The number of alkyl halides is 3. The van der Waals surface area contributed by atoms with E-state index in [0.29, 0.717) is 0 Å². The Labute approximate surface area is 131 Å². The molecular formula is C15H14F3N3S. The Kier molecular flexibility index (Phi) is 4.97. The standard InChI is InChI=1S/C15H14F3N3S/c1-10(11-5-7-19-8-6-11)20-14(22)21-13-4-2-3-12(9-13)15(16,17)18/h2-10H,1H3,(H2,20,21,22)/t10-/m0/s1. The fourth-order valence-corrected chi connectivity index (χ4v) is 2.17. The molecule has 1 aromatic heterocycles. The lowest BCUT2D eigenvalue weighted by atomic mass is 10.1. The van der Waals surface area contributed by atoms with Crippen molar-refractivity contribution in [1.82, 2.24) is 10.3 Å². The molecule has 0 saturated carbocycles. The van der Waals surface area contributed by atoms with Crippen LogP contribution < -0.4 is 10.6 Å². The van der Waals surface area contributed by atoms with Crippen LogP contribution in [0.4, 0.5) is 18.9 Å². The van der Waals surface area contributed by atoms with Crippen molar-refractivity contribution in [2.45, 2.75) is 19.1 Å². The van der Waals surface area contributed by atoms with Gasteiger partial charge in [0.25, 0.3) is 0 Å². The van der Waals surface area contributed by atoms with Crippen LogP contribution in [-0.4, -0.2) is 10.1 Å². The third-order valence-electron chi connectivity index (χ3n) is 3.00. The van der Waals surface area contributed by atoms with Crippen molar-refractivity contribution in [2.24, 2.45) is 0 Å². The summed E-state index contributed by atoms with van der Waals surface area (Å²) in [6.07, 6.45) is -1.05. The number of pyridine rings is 1. The molecular weight excluding hydrogens is 311 g/mol. The number of aromatic nitrogens is 1. The molecule has 2 aromatic rings. The largest absolute Gasteiger partial charge is 0.416 e. The van der Waals surface area contributed by atoms with Gasteiger partial charge in [-0.25, -0.2) is 0 Å². The third kappa shape index (κ3) is 4.42. The van der Waals surface area contributed by atoms with Crippen LogP contribution in [0.25, 0.3) is 0 Å². The van der Waals surface area contributed by atoms with Crippen molar-refractivity contribution < 1.29 is 13.2 Å². The summed E-state index contributed by atoms with van der Waals surface area (Å²) in [6, 6.07) is 8.48. The first-order chi connectivity index (χ1) is 10.4. The topological polar surface area (TPSA) is 37.0 Å². The summed E-state index contributed by atoms with van der Waals surface area (Å²) >= 11 is 5.13. The summed E-state index contributed by atoms with van der Waals surface area (Å²) in [7, 11) is 0. The Bertz CT molecular complexity index is 644. The van der Waals surface area contributed by atoms with Crippen LogP contribution in [0.15, 0.2) is 48.8 Å². The summed E-state index contributed by atoms with van der Waals surface area (Å²) in [6.45, 7) is 1.90. The first-order valence-corrected chi connectivity index (χ1v) is 6.92. The van der Waals surface area contributed by atoms with E-state index >= 15 is 0 Å². The van der Waals surface area contributed by atoms with Gasteiger partial charge in [-0.3, -0.25) is 4.98 Å². The van der Waals surface area contributed by atoms with Gasteiger partial charge in [0, 0.05) is 18.1 Å². The molecule has 0 spiro atoms. The van der Waals surface area contributed by atoms with Gasteiger partial charge in [-0.15, -0.1) is 0 Å². The molecule has 2 rings (SSSR count). The summed E-state index contributed by atoms with van der Waals surface area (Å²) in [4.78, 5) is 3.92. The van der Waals surface area contributed by atoms with Crippen molar-refractivity contribution in [3.8, 4) is 0 Å². The van der Waals surface area contributed by atoms with Crippen LogP contribution in [0, 0.1) is 0 Å². The Balaban J connectivity index is 2.01. The second kappa shape index (κ2) is 6.74. The molecule has 0 unspecified atom stereocenters. The molecule has 2 N–H and O–H groups in total. The number of hydrogen-bond acceptors (Lipinski definition) is 2. The second-order valence-corrected chi connectivity index (χ2v) is 5.09. The first-order valence-electron chi connectivity index (χ1n) is 6.51. The number of benzene rings is 1. The third-order valence-corrected chi connectivity index (χ3v) is 3.22. The van der Waals surface area contributed by atoms with E-state index in [4.69, 9.17) is 12.2 Å². The minimum Gasteiger partial charge on any atom is -0.356 e. The van der Waals surface area contributed by atoms with Gasteiger partial charge in [0.15, 0.2) is 5.11 Å². The minimum absolute atomic E-state index is 0.0891. The molecule has 3 nitrogen and oxygen atoms in total. The van der Waals surface area contributed by atoms with Crippen molar-refractivity contribution in [3.63, 3.8) is 0 Å². The maximum atomic E-state index is 12.7. The van der Waals surface area contributed by atoms with Crippen LogP contribution in [0.5, 0.6) is 0 Å². The van der Waals surface area contributed by atoms with E-state index in [9.17, 15) is 13.2 Å². The molecule has 1 atom stereocenters. The maximum absolute atomic E-state index is 12.7. The molecule has 22 heavy (non-hydrogen) atoms. The Morgan fingerprint density at radius 3 is 2.50 bits per heavy atom. The second-order valence-electron chi connectivity index (χ2n) is 4.68. The molecule has 0 bridgehead atoms. The average molecular weight is 325 g/mol. The number of rotatable bonds is 3. The fourth-order valence-electron chi connectivity index (χ4n) is 1.87. The molecule has 0 radical (unpaired) electrons. The van der Waals surface area contributed by atoms with Gasteiger partial charge in [0.05, 0.1) is 11.6 Å². The van der Waals surface area contributed by atoms with Crippen molar-refractivity contribution >= 4 is 23.0 Å². The Morgan fingerprint density at radius 2 is 1.86 bits per heavy atom. The van der Waals surface area contributed by atoms with E-state index in [2.05, 4.69) is 15.6 Å². The van der Waals surface area contributed by atoms with Gasteiger partial charge >= 0.3 is 6.18 Å². The zero-order valence-electron chi connectivity index (χ0n) is 11.7.